The van der Waals surface area contributed by atoms with Gasteiger partial charge in [0.25, 0.3) is 0 Å². The Morgan fingerprint density at radius 1 is 1.42 bits per heavy atom. The average molecular weight is 268 g/mol. The minimum absolute atomic E-state index is 0.124. The van der Waals surface area contributed by atoms with Crippen LogP contribution in [0.3, 0.4) is 0 Å². The molecule has 0 fully saturated rings. The van der Waals surface area contributed by atoms with Gasteiger partial charge in [-0.25, -0.2) is 9.18 Å². The number of anilines is 1. The topological polar surface area (TPSA) is 61.4 Å². The lowest BCUT2D eigenvalue weighted by atomic mass is 9.89. The largest absolute Gasteiger partial charge is 0.396 e. The second kappa shape index (κ2) is 7.09. The number of nitrogens with one attached hydrogen (secondary N) is 2. The van der Waals surface area contributed by atoms with Gasteiger partial charge in [-0.3, -0.25) is 0 Å². The lowest BCUT2D eigenvalue weighted by Crippen LogP contribution is -2.30. The number of aliphatic hydroxyl groups is 1. The highest BCUT2D eigenvalue weighted by Crippen LogP contribution is 2.20. The molecule has 19 heavy (non-hydrogen) atoms. The lowest BCUT2D eigenvalue weighted by Gasteiger charge is -2.21. The fraction of sp³-hybridized carbons (Fsp3) is 0.500. The molecule has 0 aromatic heterocycles. The van der Waals surface area contributed by atoms with Gasteiger partial charge in [0.05, 0.1) is 0 Å². The fourth-order valence-corrected chi connectivity index (χ4v) is 1.59. The number of rotatable bonds is 6. The van der Waals surface area contributed by atoms with Crippen LogP contribution in [0.5, 0.6) is 0 Å². The summed E-state index contributed by atoms with van der Waals surface area (Å²) in [5.41, 5.74) is 0.300. The number of benzene rings is 1. The Balaban J connectivity index is 2.25. The third kappa shape index (κ3) is 6.20. The van der Waals surface area contributed by atoms with Gasteiger partial charge in [-0.1, -0.05) is 19.9 Å². The van der Waals surface area contributed by atoms with Crippen molar-refractivity contribution >= 4 is 11.7 Å². The second-order valence-corrected chi connectivity index (χ2v) is 5.32. The van der Waals surface area contributed by atoms with Gasteiger partial charge in [0.2, 0.25) is 0 Å². The van der Waals surface area contributed by atoms with E-state index in [4.69, 9.17) is 5.11 Å². The molecule has 2 amide bonds. The smallest absolute Gasteiger partial charge is 0.319 e. The number of halogens is 1. The van der Waals surface area contributed by atoms with Crippen LogP contribution in [-0.2, 0) is 0 Å². The summed E-state index contributed by atoms with van der Waals surface area (Å²) in [6.07, 6.45) is 1.61. The SMILES string of the molecule is CC(C)(CO)CCCNC(=O)Nc1cccc(F)c1. The van der Waals surface area contributed by atoms with E-state index in [0.717, 1.165) is 12.8 Å². The molecule has 4 nitrogen and oxygen atoms in total. The third-order valence-electron chi connectivity index (χ3n) is 2.83. The predicted molar refractivity (Wildman–Crippen MR) is 73.5 cm³/mol. The summed E-state index contributed by atoms with van der Waals surface area (Å²) in [4.78, 5) is 11.5. The molecule has 0 spiro atoms. The van der Waals surface area contributed by atoms with Crippen LogP contribution >= 0.6 is 0 Å². The van der Waals surface area contributed by atoms with Gasteiger partial charge in [0.1, 0.15) is 5.82 Å². The van der Waals surface area contributed by atoms with Crippen LogP contribution in [0.2, 0.25) is 0 Å². The molecule has 3 N–H and O–H groups in total. The molecular formula is C14H21FN2O2. The molecule has 1 rings (SSSR count). The summed E-state index contributed by atoms with van der Waals surface area (Å²) in [6, 6.07) is 5.38. The van der Waals surface area contributed by atoms with Gasteiger partial charge in [0, 0.05) is 18.8 Å². The molecule has 0 bridgehead atoms. The molecule has 0 heterocycles. The average Bonchev–Trinajstić information content (AvgIpc) is 2.35. The molecular weight excluding hydrogens is 247 g/mol. The molecule has 0 aliphatic rings. The molecule has 5 heteroatoms. The van der Waals surface area contributed by atoms with Crippen LogP contribution < -0.4 is 10.6 Å². The number of hydrogen-bond acceptors (Lipinski definition) is 2. The summed E-state index contributed by atoms with van der Waals surface area (Å²) < 4.78 is 12.9. The molecule has 0 unspecified atom stereocenters. The zero-order chi connectivity index (χ0) is 14.3. The summed E-state index contributed by atoms with van der Waals surface area (Å²) in [6.45, 7) is 4.59. The third-order valence-corrected chi connectivity index (χ3v) is 2.83. The maximum atomic E-state index is 12.9. The maximum Gasteiger partial charge on any atom is 0.319 e. The predicted octanol–water partition coefficient (Wildman–Crippen LogP) is 2.75. The molecule has 106 valence electrons. The Hall–Kier alpha value is -1.62. The summed E-state index contributed by atoms with van der Waals surface area (Å²) in [7, 11) is 0. The van der Waals surface area contributed by atoms with Crippen molar-refractivity contribution in [3.63, 3.8) is 0 Å². The van der Waals surface area contributed by atoms with Gasteiger partial charge >= 0.3 is 6.03 Å². The Bertz CT molecular complexity index is 422. The van der Waals surface area contributed by atoms with Gasteiger partial charge < -0.3 is 15.7 Å². The van der Waals surface area contributed by atoms with E-state index < -0.39 is 0 Å². The van der Waals surface area contributed by atoms with Crippen molar-refractivity contribution in [3.8, 4) is 0 Å². The van der Waals surface area contributed by atoms with Crippen molar-refractivity contribution in [2.75, 3.05) is 18.5 Å². The normalized spacial score (nSPS) is 11.2. The molecule has 0 atom stereocenters. The van der Waals surface area contributed by atoms with Crippen molar-refractivity contribution in [2.45, 2.75) is 26.7 Å². The molecule has 0 saturated carbocycles. The van der Waals surface area contributed by atoms with Crippen molar-refractivity contribution in [2.24, 2.45) is 5.41 Å². The van der Waals surface area contributed by atoms with E-state index in [1.54, 1.807) is 6.07 Å². The highest BCUT2D eigenvalue weighted by Gasteiger charge is 2.15. The summed E-state index contributed by atoms with van der Waals surface area (Å²) >= 11 is 0. The molecule has 0 aliphatic heterocycles. The second-order valence-electron chi connectivity index (χ2n) is 5.32. The fourth-order valence-electron chi connectivity index (χ4n) is 1.59. The van der Waals surface area contributed by atoms with E-state index in [1.807, 2.05) is 13.8 Å². The van der Waals surface area contributed by atoms with Crippen molar-refractivity contribution in [3.05, 3.63) is 30.1 Å². The van der Waals surface area contributed by atoms with E-state index in [0.29, 0.717) is 12.2 Å². The van der Waals surface area contributed by atoms with Gasteiger partial charge in [-0.15, -0.1) is 0 Å². The van der Waals surface area contributed by atoms with Gasteiger partial charge in [-0.05, 0) is 36.5 Å². The van der Waals surface area contributed by atoms with E-state index in [2.05, 4.69) is 10.6 Å². The zero-order valence-electron chi connectivity index (χ0n) is 11.4. The first-order chi connectivity index (χ1) is 8.93. The summed E-state index contributed by atoms with van der Waals surface area (Å²) in [5.74, 6) is -0.387. The molecule has 1 aromatic carbocycles. The van der Waals surface area contributed by atoms with Gasteiger partial charge in [0.15, 0.2) is 0 Å². The standard InChI is InChI=1S/C14H21FN2O2/c1-14(2,10-18)7-4-8-16-13(19)17-12-6-3-5-11(15)9-12/h3,5-6,9,18H,4,7-8,10H2,1-2H3,(H2,16,17,19). The monoisotopic (exact) mass is 268 g/mol. The van der Waals surface area contributed by atoms with Crippen LogP contribution in [-0.4, -0.2) is 24.3 Å². The molecule has 0 radical (unpaired) electrons. The first-order valence-electron chi connectivity index (χ1n) is 6.34. The quantitative estimate of drug-likeness (QED) is 0.695. The molecule has 0 saturated heterocycles. The maximum absolute atomic E-state index is 12.9. The highest BCUT2D eigenvalue weighted by molar-refractivity contribution is 5.89. The Morgan fingerprint density at radius 3 is 2.79 bits per heavy atom. The Kier molecular flexibility index (Phi) is 5.76. The van der Waals surface area contributed by atoms with Crippen molar-refractivity contribution in [1.82, 2.24) is 5.32 Å². The van der Waals surface area contributed by atoms with Crippen LogP contribution in [0.1, 0.15) is 26.7 Å². The first kappa shape index (κ1) is 15.4. The minimum Gasteiger partial charge on any atom is -0.396 e. The van der Waals surface area contributed by atoms with Crippen molar-refractivity contribution < 1.29 is 14.3 Å². The number of urea groups is 1. The van der Waals surface area contributed by atoms with E-state index >= 15 is 0 Å². The Labute approximate surface area is 113 Å². The van der Waals surface area contributed by atoms with Crippen LogP contribution in [0.25, 0.3) is 0 Å². The Morgan fingerprint density at radius 2 is 2.16 bits per heavy atom. The molecule has 1 aromatic rings. The zero-order valence-corrected chi connectivity index (χ0v) is 11.4. The lowest BCUT2D eigenvalue weighted by molar-refractivity contribution is 0.148. The first-order valence-corrected chi connectivity index (χ1v) is 6.34. The number of aliphatic hydroxyl groups excluding tert-OH is 1. The number of carbonyl (C=O) groups excluding carboxylic acids is 1. The number of amides is 2. The number of hydrogen-bond donors (Lipinski definition) is 3. The molecule has 0 aliphatic carbocycles. The van der Waals surface area contributed by atoms with E-state index in [9.17, 15) is 9.18 Å². The van der Waals surface area contributed by atoms with Crippen LogP contribution in [0.15, 0.2) is 24.3 Å². The van der Waals surface area contributed by atoms with E-state index in [1.165, 1.54) is 18.2 Å². The van der Waals surface area contributed by atoms with Crippen LogP contribution in [0, 0.1) is 11.2 Å². The van der Waals surface area contributed by atoms with Gasteiger partial charge in [-0.2, -0.15) is 0 Å². The van der Waals surface area contributed by atoms with Crippen LogP contribution in [0.4, 0.5) is 14.9 Å². The van der Waals surface area contributed by atoms with Crippen molar-refractivity contribution in [1.29, 1.82) is 0 Å². The highest BCUT2D eigenvalue weighted by atomic mass is 19.1. The summed E-state index contributed by atoms with van der Waals surface area (Å²) in [5, 5.41) is 14.3. The minimum atomic E-state index is -0.387. The number of carbonyl (C=O) groups is 1. The van der Waals surface area contributed by atoms with E-state index in [-0.39, 0.29) is 23.9 Å².